The number of aryl methyl sites for hydroxylation is 1. The fourth-order valence-electron chi connectivity index (χ4n) is 4.12. The van der Waals surface area contributed by atoms with Crippen LogP contribution in [0, 0.1) is 0 Å². The standard InChI is InChI=1S/C23H26N2O/c26-23(24-22-12-6-10-20-9-4-5-11-21(20)22)17-25-15-13-19(14-16-25)18-7-2-1-3-8-18/h1-5,7-9,11,13,22H,6,10,12,14-17H2,(H,24,26)/t22-/m0/s1. The third-order valence-electron chi connectivity index (χ3n) is 5.51. The second kappa shape index (κ2) is 7.88. The Hall–Kier alpha value is -2.39. The first-order valence-corrected chi connectivity index (χ1v) is 9.63. The fourth-order valence-corrected chi connectivity index (χ4v) is 4.12. The fraction of sp³-hybridized carbons (Fsp3) is 0.348. The van der Waals surface area contributed by atoms with E-state index in [4.69, 9.17) is 0 Å². The summed E-state index contributed by atoms with van der Waals surface area (Å²) in [4.78, 5) is 14.8. The molecule has 1 amide bonds. The van der Waals surface area contributed by atoms with Crippen LogP contribution in [0.1, 0.15) is 42.0 Å². The number of benzene rings is 2. The van der Waals surface area contributed by atoms with Crippen LogP contribution in [-0.4, -0.2) is 30.4 Å². The van der Waals surface area contributed by atoms with Gasteiger partial charge in [0.25, 0.3) is 0 Å². The number of nitrogens with one attached hydrogen (secondary N) is 1. The first-order chi connectivity index (χ1) is 12.8. The number of rotatable bonds is 4. The predicted molar refractivity (Wildman–Crippen MR) is 106 cm³/mol. The summed E-state index contributed by atoms with van der Waals surface area (Å²) in [6.07, 6.45) is 6.59. The van der Waals surface area contributed by atoms with Crippen LogP contribution in [0.4, 0.5) is 0 Å². The lowest BCUT2D eigenvalue weighted by atomic mass is 9.88. The van der Waals surface area contributed by atoms with Crippen molar-refractivity contribution in [2.45, 2.75) is 31.7 Å². The molecule has 1 N–H and O–H groups in total. The van der Waals surface area contributed by atoms with Crippen molar-refractivity contribution in [3.05, 3.63) is 77.4 Å². The molecule has 0 bridgehead atoms. The van der Waals surface area contributed by atoms with E-state index in [1.807, 2.05) is 6.07 Å². The summed E-state index contributed by atoms with van der Waals surface area (Å²) in [6.45, 7) is 2.27. The smallest absolute Gasteiger partial charge is 0.234 e. The predicted octanol–water partition coefficient (Wildman–Crippen LogP) is 3.97. The molecule has 0 spiro atoms. The van der Waals surface area contributed by atoms with Gasteiger partial charge in [-0.15, -0.1) is 0 Å². The van der Waals surface area contributed by atoms with Gasteiger partial charge in [-0.3, -0.25) is 9.69 Å². The Morgan fingerprint density at radius 1 is 1.04 bits per heavy atom. The number of nitrogens with zero attached hydrogens (tertiary/aromatic N) is 1. The highest BCUT2D eigenvalue weighted by Crippen LogP contribution is 2.29. The molecule has 0 aromatic heterocycles. The van der Waals surface area contributed by atoms with Crippen molar-refractivity contribution >= 4 is 11.5 Å². The molecular weight excluding hydrogens is 320 g/mol. The maximum atomic E-state index is 12.6. The van der Waals surface area contributed by atoms with Crippen LogP contribution in [0.15, 0.2) is 60.7 Å². The van der Waals surface area contributed by atoms with E-state index >= 15 is 0 Å². The number of hydrogen-bond acceptors (Lipinski definition) is 2. The van der Waals surface area contributed by atoms with E-state index in [1.54, 1.807) is 0 Å². The van der Waals surface area contributed by atoms with Crippen LogP contribution >= 0.6 is 0 Å². The second-order valence-corrected chi connectivity index (χ2v) is 7.29. The summed E-state index contributed by atoms with van der Waals surface area (Å²) in [5.41, 5.74) is 5.38. The molecule has 26 heavy (non-hydrogen) atoms. The van der Waals surface area contributed by atoms with Crippen LogP contribution < -0.4 is 5.32 Å². The van der Waals surface area contributed by atoms with Crippen LogP contribution in [0.2, 0.25) is 0 Å². The highest BCUT2D eigenvalue weighted by atomic mass is 16.2. The maximum absolute atomic E-state index is 12.6. The first kappa shape index (κ1) is 17.0. The van der Waals surface area contributed by atoms with Gasteiger partial charge in [0.15, 0.2) is 0 Å². The number of hydrogen-bond donors (Lipinski definition) is 1. The first-order valence-electron chi connectivity index (χ1n) is 9.63. The lowest BCUT2D eigenvalue weighted by Gasteiger charge is -2.29. The van der Waals surface area contributed by atoms with Crippen molar-refractivity contribution in [2.75, 3.05) is 19.6 Å². The van der Waals surface area contributed by atoms with Crippen LogP contribution in [0.5, 0.6) is 0 Å². The Kier molecular flexibility index (Phi) is 5.16. The summed E-state index contributed by atoms with van der Waals surface area (Å²) < 4.78 is 0. The largest absolute Gasteiger partial charge is 0.348 e. The molecule has 4 rings (SSSR count). The van der Waals surface area contributed by atoms with Gasteiger partial charge < -0.3 is 5.32 Å². The van der Waals surface area contributed by atoms with Crippen molar-refractivity contribution < 1.29 is 4.79 Å². The van der Waals surface area contributed by atoms with Gasteiger partial charge in [-0.1, -0.05) is 60.7 Å². The second-order valence-electron chi connectivity index (χ2n) is 7.29. The van der Waals surface area contributed by atoms with Crippen molar-refractivity contribution in [1.82, 2.24) is 10.2 Å². The number of carbonyl (C=O) groups is 1. The molecule has 1 atom stereocenters. The molecule has 2 aromatic carbocycles. The molecule has 0 fully saturated rings. The Morgan fingerprint density at radius 2 is 1.85 bits per heavy atom. The lowest BCUT2D eigenvalue weighted by molar-refractivity contribution is -0.123. The van der Waals surface area contributed by atoms with E-state index in [9.17, 15) is 4.79 Å². The van der Waals surface area contributed by atoms with Gasteiger partial charge in [-0.05, 0) is 47.9 Å². The van der Waals surface area contributed by atoms with Crippen LogP contribution in [-0.2, 0) is 11.2 Å². The van der Waals surface area contributed by atoms with Crippen LogP contribution in [0.3, 0.4) is 0 Å². The quantitative estimate of drug-likeness (QED) is 0.908. The third-order valence-corrected chi connectivity index (χ3v) is 5.51. The van der Waals surface area contributed by atoms with Gasteiger partial charge in [0, 0.05) is 13.1 Å². The summed E-state index contributed by atoms with van der Waals surface area (Å²) in [5.74, 6) is 0.142. The van der Waals surface area contributed by atoms with Crippen molar-refractivity contribution in [1.29, 1.82) is 0 Å². The Morgan fingerprint density at radius 3 is 2.65 bits per heavy atom. The molecule has 3 heteroatoms. The SMILES string of the molecule is O=C(CN1CC=C(c2ccccc2)CC1)N[C@H]1CCCc2ccccc21. The van der Waals surface area contributed by atoms with Gasteiger partial charge >= 0.3 is 0 Å². The van der Waals surface area contributed by atoms with E-state index in [0.717, 1.165) is 38.8 Å². The molecule has 1 heterocycles. The average molecular weight is 346 g/mol. The minimum atomic E-state index is 0.142. The molecule has 2 aliphatic rings. The van der Waals surface area contributed by atoms with Crippen molar-refractivity contribution in [3.63, 3.8) is 0 Å². The molecule has 3 nitrogen and oxygen atoms in total. The molecular formula is C23H26N2O. The van der Waals surface area contributed by atoms with Gasteiger partial charge in [-0.2, -0.15) is 0 Å². The monoisotopic (exact) mass is 346 g/mol. The summed E-state index contributed by atoms with van der Waals surface area (Å²) in [5, 5.41) is 3.26. The van der Waals surface area contributed by atoms with E-state index in [-0.39, 0.29) is 11.9 Å². The average Bonchev–Trinajstić information content (AvgIpc) is 2.69. The number of amides is 1. The normalized spacial score (nSPS) is 20.2. The molecule has 1 aliphatic heterocycles. The molecule has 0 unspecified atom stereocenters. The highest BCUT2D eigenvalue weighted by Gasteiger charge is 2.22. The highest BCUT2D eigenvalue weighted by molar-refractivity contribution is 5.79. The Bertz CT molecular complexity index is 797. The van der Waals surface area contributed by atoms with E-state index in [1.165, 1.54) is 22.3 Å². The Labute approximate surface area is 155 Å². The molecule has 134 valence electrons. The zero-order valence-electron chi connectivity index (χ0n) is 15.2. The maximum Gasteiger partial charge on any atom is 0.234 e. The Balaban J connectivity index is 1.33. The minimum absolute atomic E-state index is 0.142. The molecule has 0 radical (unpaired) electrons. The van der Waals surface area contributed by atoms with E-state index in [2.05, 4.69) is 64.8 Å². The molecule has 0 saturated carbocycles. The summed E-state index contributed by atoms with van der Waals surface area (Å²) >= 11 is 0. The molecule has 1 aliphatic carbocycles. The van der Waals surface area contributed by atoms with Crippen molar-refractivity contribution in [2.24, 2.45) is 0 Å². The third kappa shape index (κ3) is 3.88. The van der Waals surface area contributed by atoms with Gasteiger partial charge in [0.2, 0.25) is 5.91 Å². The minimum Gasteiger partial charge on any atom is -0.348 e. The lowest BCUT2D eigenvalue weighted by Crippen LogP contribution is -2.41. The zero-order chi connectivity index (χ0) is 17.8. The van der Waals surface area contributed by atoms with Gasteiger partial charge in [-0.25, -0.2) is 0 Å². The summed E-state index contributed by atoms with van der Waals surface area (Å²) in [6, 6.07) is 19.2. The topological polar surface area (TPSA) is 32.3 Å². The number of fused-ring (bicyclic) bond motifs is 1. The van der Waals surface area contributed by atoms with Gasteiger partial charge in [0.1, 0.15) is 0 Å². The van der Waals surface area contributed by atoms with Crippen molar-refractivity contribution in [3.8, 4) is 0 Å². The van der Waals surface area contributed by atoms with Gasteiger partial charge in [0.05, 0.1) is 12.6 Å². The molecule has 0 saturated heterocycles. The van der Waals surface area contributed by atoms with Crippen LogP contribution in [0.25, 0.3) is 5.57 Å². The molecule has 2 aromatic rings. The van der Waals surface area contributed by atoms with E-state index < -0.39 is 0 Å². The van der Waals surface area contributed by atoms with E-state index in [0.29, 0.717) is 6.54 Å². The zero-order valence-corrected chi connectivity index (χ0v) is 15.2. The summed E-state index contributed by atoms with van der Waals surface area (Å²) in [7, 11) is 0. The number of carbonyl (C=O) groups excluding carboxylic acids is 1.